The molecule has 0 bridgehead atoms. The number of imide groups is 1. The van der Waals surface area contributed by atoms with E-state index in [2.05, 4.69) is 16.0 Å². The SMILES string of the molecule is Cn1c(C2CCN(C(=O)O)CC2)cc2c(N3CCC(=O)NC3=O)cccc21. The molecule has 0 aliphatic carbocycles. The first-order chi connectivity index (χ1) is 13.0. The zero-order valence-electron chi connectivity index (χ0n) is 15.1. The monoisotopic (exact) mass is 370 g/mol. The highest BCUT2D eigenvalue weighted by molar-refractivity contribution is 6.09. The molecule has 8 heteroatoms. The van der Waals surface area contributed by atoms with Crippen LogP contribution < -0.4 is 10.2 Å². The van der Waals surface area contributed by atoms with Crippen LogP contribution >= 0.6 is 0 Å². The lowest BCUT2D eigenvalue weighted by molar-refractivity contribution is -0.120. The summed E-state index contributed by atoms with van der Waals surface area (Å²) in [6.45, 7) is 1.43. The Bertz CT molecular complexity index is 927. The molecule has 3 heterocycles. The Morgan fingerprint density at radius 3 is 2.59 bits per heavy atom. The minimum absolute atomic E-state index is 0.248. The fraction of sp³-hybridized carbons (Fsp3) is 0.421. The van der Waals surface area contributed by atoms with Crippen LogP contribution in [0.3, 0.4) is 0 Å². The van der Waals surface area contributed by atoms with Crippen LogP contribution in [0.25, 0.3) is 10.9 Å². The van der Waals surface area contributed by atoms with Gasteiger partial charge in [-0.1, -0.05) is 6.07 Å². The minimum atomic E-state index is -0.863. The van der Waals surface area contributed by atoms with Crippen LogP contribution in [0.1, 0.15) is 30.9 Å². The van der Waals surface area contributed by atoms with Gasteiger partial charge < -0.3 is 14.6 Å². The van der Waals surface area contributed by atoms with Gasteiger partial charge in [-0.15, -0.1) is 0 Å². The number of carbonyl (C=O) groups excluding carboxylic acids is 2. The normalized spacial score (nSPS) is 18.9. The molecule has 4 rings (SSSR count). The number of hydrogen-bond acceptors (Lipinski definition) is 3. The average molecular weight is 370 g/mol. The summed E-state index contributed by atoms with van der Waals surface area (Å²) >= 11 is 0. The number of benzene rings is 1. The van der Waals surface area contributed by atoms with Crippen molar-refractivity contribution in [2.75, 3.05) is 24.5 Å². The molecule has 2 fully saturated rings. The summed E-state index contributed by atoms with van der Waals surface area (Å²) < 4.78 is 2.13. The lowest BCUT2D eigenvalue weighted by Crippen LogP contribution is -2.49. The molecule has 2 N–H and O–H groups in total. The smallest absolute Gasteiger partial charge is 0.407 e. The van der Waals surface area contributed by atoms with E-state index in [9.17, 15) is 14.4 Å². The Morgan fingerprint density at radius 1 is 1.19 bits per heavy atom. The number of urea groups is 1. The van der Waals surface area contributed by atoms with Gasteiger partial charge in [0.1, 0.15) is 0 Å². The van der Waals surface area contributed by atoms with Crippen molar-refractivity contribution in [3.63, 3.8) is 0 Å². The molecular weight excluding hydrogens is 348 g/mol. The molecular formula is C19H22N4O4. The van der Waals surface area contributed by atoms with E-state index in [1.165, 1.54) is 4.90 Å². The second kappa shape index (κ2) is 6.61. The molecule has 2 aliphatic heterocycles. The number of likely N-dealkylation sites (tertiary alicyclic amines) is 1. The molecule has 2 aromatic rings. The van der Waals surface area contributed by atoms with E-state index in [4.69, 9.17) is 5.11 Å². The van der Waals surface area contributed by atoms with E-state index in [-0.39, 0.29) is 24.3 Å². The predicted molar refractivity (Wildman–Crippen MR) is 100.0 cm³/mol. The maximum atomic E-state index is 12.3. The largest absolute Gasteiger partial charge is 0.465 e. The third-order valence-corrected chi connectivity index (χ3v) is 5.63. The zero-order valence-corrected chi connectivity index (χ0v) is 15.1. The van der Waals surface area contributed by atoms with Gasteiger partial charge in [0, 0.05) is 50.1 Å². The topological polar surface area (TPSA) is 94.9 Å². The second-order valence-electron chi connectivity index (χ2n) is 7.14. The van der Waals surface area contributed by atoms with E-state index in [1.807, 2.05) is 25.2 Å². The van der Waals surface area contributed by atoms with Gasteiger partial charge in [-0.25, -0.2) is 9.59 Å². The van der Waals surface area contributed by atoms with Crippen molar-refractivity contribution in [3.8, 4) is 0 Å². The summed E-state index contributed by atoms with van der Waals surface area (Å²) in [6.07, 6.45) is 0.989. The summed E-state index contributed by atoms with van der Waals surface area (Å²) in [5.74, 6) is 0.0324. The van der Waals surface area contributed by atoms with Crippen molar-refractivity contribution in [2.45, 2.75) is 25.2 Å². The number of carboxylic acid groups (broad SMARTS) is 1. The highest BCUT2D eigenvalue weighted by Gasteiger charge is 2.28. The van der Waals surface area contributed by atoms with Crippen LogP contribution in [0.5, 0.6) is 0 Å². The lowest BCUT2D eigenvalue weighted by Gasteiger charge is -2.30. The fourth-order valence-electron chi connectivity index (χ4n) is 4.15. The van der Waals surface area contributed by atoms with E-state index in [0.717, 1.165) is 35.1 Å². The number of carbonyl (C=O) groups is 3. The molecule has 142 valence electrons. The fourth-order valence-corrected chi connectivity index (χ4v) is 4.15. The Morgan fingerprint density at radius 2 is 1.93 bits per heavy atom. The minimum Gasteiger partial charge on any atom is -0.465 e. The first-order valence-electron chi connectivity index (χ1n) is 9.13. The van der Waals surface area contributed by atoms with Gasteiger partial charge >= 0.3 is 12.1 Å². The molecule has 1 aromatic carbocycles. The average Bonchev–Trinajstić information content (AvgIpc) is 2.99. The number of aromatic nitrogens is 1. The molecule has 1 aromatic heterocycles. The Kier molecular flexibility index (Phi) is 4.25. The first kappa shape index (κ1) is 17.4. The Balaban J connectivity index is 1.67. The van der Waals surface area contributed by atoms with Crippen LogP contribution in [-0.4, -0.2) is 52.2 Å². The van der Waals surface area contributed by atoms with E-state index < -0.39 is 6.09 Å². The van der Waals surface area contributed by atoms with Crippen LogP contribution in [-0.2, 0) is 11.8 Å². The van der Waals surface area contributed by atoms with Gasteiger partial charge in [-0.2, -0.15) is 0 Å². The molecule has 27 heavy (non-hydrogen) atoms. The quantitative estimate of drug-likeness (QED) is 0.849. The molecule has 0 radical (unpaired) electrons. The highest BCUT2D eigenvalue weighted by atomic mass is 16.4. The van der Waals surface area contributed by atoms with Crippen molar-refractivity contribution in [2.24, 2.45) is 7.05 Å². The number of fused-ring (bicyclic) bond motifs is 1. The summed E-state index contributed by atoms with van der Waals surface area (Å²) in [4.78, 5) is 37.9. The number of amides is 4. The van der Waals surface area contributed by atoms with Crippen LogP contribution in [0.4, 0.5) is 15.3 Å². The molecule has 8 nitrogen and oxygen atoms in total. The van der Waals surface area contributed by atoms with Crippen LogP contribution in [0.15, 0.2) is 24.3 Å². The number of rotatable bonds is 2. The Hall–Kier alpha value is -3.03. The highest BCUT2D eigenvalue weighted by Crippen LogP contribution is 2.36. The Labute approximate surface area is 156 Å². The molecule has 0 spiro atoms. The van der Waals surface area contributed by atoms with Crippen LogP contribution in [0, 0.1) is 0 Å². The van der Waals surface area contributed by atoms with Crippen molar-refractivity contribution in [3.05, 3.63) is 30.0 Å². The summed E-state index contributed by atoms with van der Waals surface area (Å²) in [5.41, 5.74) is 2.96. The van der Waals surface area contributed by atoms with E-state index >= 15 is 0 Å². The number of hydrogen-bond donors (Lipinski definition) is 2. The summed E-state index contributed by atoms with van der Waals surface area (Å²) in [7, 11) is 2.00. The van der Waals surface area contributed by atoms with Gasteiger partial charge in [0.05, 0.1) is 11.2 Å². The lowest BCUT2D eigenvalue weighted by atomic mass is 9.93. The first-order valence-corrected chi connectivity index (χ1v) is 9.13. The second-order valence-corrected chi connectivity index (χ2v) is 7.14. The molecule has 2 saturated heterocycles. The van der Waals surface area contributed by atoms with Crippen molar-refractivity contribution in [1.29, 1.82) is 0 Å². The number of nitrogens with zero attached hydrogens (tertiary/aromatic N) is 3. The van der Waals surface area contributed by atoms with Gasteiger partial charge in [0.2, 0.25) is 5.91 Å². The molecule has 2 aliphatic rings. The van der Waals surface area contributed by atoms with Gasteiger partial charge in [0.15, 0.2) is 0 Å². The maximum Gasteiger partial charge on any atom is 0.407 e. The van der Waals surface area contributed by atoms with E-state index in [0.29, 0.717) is 19.6 Å². The van der Waals surface area contributed by atoms with Gasteiger partial charge in [0.25, 0.3) is 0 Å². The maximum absolute atomic E-state index is 12.3. The number of piperidine rings is 1. The van der Waals surface area contributed by atoms with Crippen molar-refractivity contribution >= 4 is 34.6 Å². The summed E-state index contributed by atoms with van der Waals surface area (Å²) in [5, 5.41) is 12.5. The third-order valence-electron chi connectivity index (χ3n) is 5.63. The third kappa shape index (κ3) is 3.01. The summed E-state index contributed by atoms with van der Waals surface area (Å²) in [6, 6.07) is 7.54. The zero-order chi connectivity index (χ0) is 19.1. The predicted octanol–water partition coefficient (Wildman–Crippen LogP) is 2.48. The number of anilines is 1. The molecule has 4 amide bonds. The van der Waals surface area contributed by atoms with Crippen molar-refractivity contribution < 1.29 is 19.5 Å². The van der Waals surface area contributed by atoms with Gasteiger partial charge in [-0.3, -0.25) is 15.0 Å². The molecule has 0 unspecified atom stereocenters. The molecule has 0 atom stereocenters. The van der Waals surface area contributed by atoms with Gasteiger partial charge in [-0.05, 0) is 31.0 Å². The molecule has 0 saturated carbocycles. The van der Waals surface area contributed by atoms with Crippen molar-refractivity contribution in [1.82, 2.24) is 14.8 Å². The standard InChI is InChI=1S/C19H22N4O4/c1-21-14-3-2-4-15(23-10-7-17(24)20-18(23)25)13(14)11-16(21)12-5-8-22(9-6-12)19(26)27/h2-4,11-12H,5-10H2,1H3,(H,26,27)(H,20,24,25). The van der Waals surface area contributed by atoms with Crippen LogP contribution in [0.2, 0.25) is 0 Å². The number of aryl methyl sites for hydroxylation is 1. The number of nitrogens with one attached hydrogen (secondary N) is 1. The van der Waals surface area contributed by atoms with E-state index in [1.54, 1.807) is 4.90 Å².